The van der Waals surface area contributed by atoms with Gasteiger partial charge in [-0.2, -0.15) is 0 Å². The van der Waals surface area contributed by atoms with Crippen molar-refractivity contribution in [2.75, 3.05) is 11.9 Å². The quantitative estimate of drug-likeness (QED) is 0.339. The third-order valence-corrected chi connectivity index (χ3v) is 7.07. The van der Waals surface area contributed by atoms with Gasteiger partial charge in [-0.3, -0.25) is 25.0 Å². The molecule has 0 bridgehead atoms. The third kappa shape index (κ3) is 6.39. The van der Waals surface area contributed by atoms with E-state index in [2.05, 4.69) is 10.6 Å². The highest BCUT2D eigenvalue weighted by Gasteiger charge is 2.38. The molecule has 0 aromatic heterocycles. The number of para-hydroxylation sites is 1. The van der Waals surface area contributed by atoms with Crippen molar-refractivity contribution in [1.29, 1.82) is 0 Å². The van der Waals surface area contributed by atoms with Crippen LogP contribution in [0.3, 0.4) is 0 Å². The Morgan fingerprint density at radius 1 is 0.974 bits per heavy atom. The number of thioether (sulfide) groups is 1. The fourth-order valence-corrected chi connectivity index (χ4v) is 5.28. The van der Waals surface area contributed by atoms with Gasteiger partial charge in [0.2, 0.25) is 17.7 Å². The van der Waals surface area contributed by atoms with Crippen LogP contribution in [0.15, 0.2) is 65.6 Å². The van der Waals surface area contributed by atoms with Crippen molar-refractivity contribution in [2.24, 2.45) is 0 Å². The number of benzene rings is 3. The Balaban J connectivity index is 1.57. The number of hydrogen-bond donors (Lipinski definition) is 4. The summed E-state index contributed by atoms with van der Waals surface area (Å²) in [6.45, 7) is -0.868. The molecule has 198 valence electrons. The van der Waals surface area contributed by atoms with E-state index in [1.54, 1.807) is 24.3 Å². The summed E-state index contributed by atoms with van der Waals surface area (Å²) in [5.74, 6) is -5.97. The summed E-state index contributed by atoms with van der Waals surface area (Å²) in [4.78, 5) is 38.9. The molecule has 0 aliphatic carbocycles. The van der Waals surface area contributed by atoms with Crippen LogP contribution in [-0.4, -0.2) is 41.5 Å². The van der Waals surface area contributed by atoms with Crippen molar-refractivity contribution in [1.82, 2.24) is 10.6 Å². The second kappa shape index (κ2) is 11.8. The maximum Gasteiger partial charge on any atom is 0.246 e. The Labute approximate surface area is 218 Å². The van der Waals surface area contributed by atoms with E-state index in [1.807, 2.05) is 5.32 Å². The number of rotatable bonds is 7. The summed E-state index contributed by atoms with van der Waals surface area (Å²) >= 11 is 1.04. The summed E-state index contributed by atoms with van der Waals surface area (Å²) in [5, 5.41) is 16.1. The monoisotopic (exact) mass is 547 g/mol. The Hall–Kier alpha value is -3.74. The number of anilines is 1. The lowest BCUT2D eigenvalue weighted by Crippen LogP contribution is -2.56. The van der Waals surface area contributed by atoms with Crippen LogP contribution in [-0.2, 0) is 20.8 Å². The number of amides is 3. The van der Waals surface area contributed by atoms with Crippen LogP contribution in [0.25, 0.3) is 0 Å². The van der Waals surface area contributed by atoms with Crippen molar-refractivity contribution in [3.8, 4) is 0 Å². The average Bonchev–Trinajstić information content (AvgIpc) is 2.98. The number of fused-ring (bicyclic) bond motifs is 1. The molecule has 0 radical (unpaired) electrons. The van der Waals surface area contributed by atoms with Crippen LogP contribution in [0, 0.1) is 23.3 Å². The summed E-state index contributed by atoms with van der Waals surface area (Å²) in [6.07, 6.45) is -0.537. The predicted octanol–water partition coefficient (Wildman–Crippen LogP) is 3.23. The first kappa shape index (κ1) is 27.3. The second-order valence-corrected chi connectivity index (χ2v) is 9.62. The minimum atomic E-state index is -1.53. The van der Waals surface area contributed by atoms with Crippen molar-refractivity contribution in [3.05, 3.63) is 95.1 Å². The molecular formula is C26H21F4N3O4S. The molecule has 7 nitrogen and oxygen atoms in total. The second-order valence-electron chi connectivity index (χ2n) is 8.44. The normalized spacial score (nSPS) is 17.7. The number of halogens is 4. The molecule has 3 amide bonds. The van der Waals surface area contributed by atoms with Crippen molar-refractivity contribution in [2.45, 2.75) is 28.6 Å². The molecule has 12 heteroatoms. The molecule has 3 atom stereocenters. The van der Waals surface area contributed by atoms with E-state index in [0.717, 1.165) is 42.1 Å². The lowest BCUT2D eigenvalue weighted by molar-refractivity contribution is -0.132. The number of carbonyl (C=O) groups excluding carboxylic acids is 3. The van der Waals surface area contributed by atoms with E-state index in [9.17, 15) is 37.1 Å². The molecule has 38 heavy (non-hydrogen) atoms. The largest absolute Gasteiger partial charge is 0.394 e. The Kier molecular flexibility index (Phi) is 8.45. The van der Waals surface area contributed by atoms with Gasteiger partial charge in [0.25, 0.3) is 0 Å². The van der Waals surface area contributed by atoms with Crippen LogP contribution in [0.2, 0.25) is 0 Å². The Morgan fingerprint density at radius 3 is 2.39 bits per heavy atom. The predicted molar refractivity (Wildman–Crippen MR) is 131 cm³/mol. The maximum atomic E-state index is 14.8. The molecule has 0 spiro atoms. The molecule has 1 heterocycles. The summed E-state index contributed by atoms with van der Waals surface area (Å²) < 4.78 is 55.7. The molecule has 4 rings (SSSR count). The first-order chi connectivity index (χ1) is 18.1. The molecule has 3 aromatic rings. The summed E-state index contributed by atoms with van der Waals surface area (Å²) in [5.41, 5.74) is 0.233. The number of nitrogens with one attached hydrogen (secondary N) is 3. The van der Waals surface area contributed by atoms with Gasteiger partial charge in [-0.05, 0) is 48.0 Å². The zero-order valence-corrected chi connectivity index (χ0v) is 20.3. The van der Waals surface area contributed by atoms with Crippen molar-refractivity contribution < 1.29 is 37.1 Å². The number of aliphatic hydroxyl groups excluding tert-OH is 1. The zero-order chi connectivity index (χ0) is 27.4. The molecule has 0 fully saturated rings. The van der Waals surface area contributed by atoms with E-state index in [4.69, 9.17) is 0 Å². The SMILES string of the molecule is O=C(Cc1cc(F)cc(F)c1)NC(=O)[C@H](CO)N[C@@H]1C(=O)Nc2ccccc2S[C@@H]1c1cc(F)ccc1F. The van der Waals surface area contributed by atoms with Gasteiger partial charge in [0.05, 0.1) is 24.0 Å². The smallest absolute Gasteiger partial charge is 0.246 e. The van der Waals surface area contributed by atoms with Gasteiger partial charge in [-0.25, -0.2) is 17.6 Å². The highest BCUT2D eigenvalue weighted by atomic mass is 32.2. The van der Waals surface area contributed by atoms with Gasteiger partial charge in [0.15, 0.2) is 0 Å². The van der Waals surface area contributed by atoms with E-state index in [0.29, 0.717) is 16.6 Å². The molecule has 0 unspecified atom stereocenters. The number of carbonyl (C=O) groups is 3. The lowest BCUT2D eigenvalue weighted by atomic mass is 10.0. The summed E-state index contributed by atoms with van der Waals surface area (Å²) in [6, 6.07) is 9.05. The molecule has 0 saturated carbocycles. The van der Waals surface area contributed by atoms with Crippen LogP contribution >= 0.6 is 11.8 Å². The molecule has 0 saturated heterocycles. The van der Waals surface area contributed by atoms with Gasteiger partial charge in [-0.15, -0.1) is 11.8 Å². The topological polar surface area (TPSA) is 108 Å². The first-order valence-corrected chi connectivity index (χ1v) is 12.2. The molecular weight excluding hydrogens is 526 g/mol. The number of hydrogen-bond acceptors (Lipinski definition) is 6. The van der Waals surface area contributed by atoms with E-state index >= 15 is 0 Å². The molecule has 1 aliphatic rings. The Bertz CT molecular complexity index is 1370. The Morgan fingerprint density at radius 2 is 1.68 bits per heavy atom. The zero-order valence-electron chi connectivity index (χ0n) is 19.5. The van der Waals surface area contributed by atoms with Crippen molar-refractivity contribution >= 4 is 35.2 Å². The highest BCUT2D eigenvalue weighted by molar-refractivity contribution is 7.99. The fraction of sp³-hybridized carbons (Fsp3) is 0.192. The van der Waals surface area contributed by atoms with E-state index in [-0.39, 0.29) is 11.1 Å². The van der Waals surface area contributed by atoms with Gasteiger partial charge < -0.3 is 10.4 Å². The standard InChI is InChI=1S/C26H21F4N3O4S/c27-14-5-6-18(30)17(11-14)24-23(26(37)32-19-3-1-2-4-21(19)38-24)31-20(12-34)25(36)33-22(35)9-13-7-15(28)10-16(29)8-13/h1-8,10-11,20,23-24,31,34H,9,12H2,(H,32,37)(H,33,35,36)/t20-,23-,24+/m0/s1. The minimum Gasteiger partial charge on any atom is -0.394 e. The first-order valence-electron chi connectivity index (χ1n) is 11.3. The van der Waals surface area contributed by atoms with Crippen LogP contribution in [0.5, 0.6) is 0 Å². The van der Waals surface area contributed by atoms with Crippen LogP contribution in [0.4, 0.5) is 23.2 Å². The molecule has 1 aliphatic heterocycles. The van der Waals surface area contributed by atoms with Crippen LogP contribution in [0.1, 0.15) is 16.4 Å². The number of aliphatic hydroxyl groups is 1. The minimum absolute atomic E-state index is 0.0275. The third-order valence-electron chi connectivity index (χ3n) is 5.68. The van der Waals surface area contributed by atoms with Crippen LogP contribution < -0.4 is 16.0 Å². The van der Waals surface area contributed by atoms with Crippen molar-refractivity contribution in [3.63, 3.8) is 0 Å². The van der Waals surface area contributed by atoms with E-state index in [1.165, 1.54) is 0 Å². The van der Waals surface area contributed by atoms with Gasteiger partial charge >= 0.3 is 0 Å². The van der Waals surface area contributed by atoms with E-state index < -0.39 is 71.4 Å². The maximum absolute atomic E-state index is 14.8. The highest BCUT2D eigenvalue weighted by Crippen LogP contribution is 2.44. The lowest BCUT2D eigenvalue weighted by Gasteiger charge is -2.28. The number of imide groups is 1. The molecule has 3 aromatic carbocycles. The average molecular weight is 548 g/mol. The molecule has 4 N–H and O–H groups in total. The van der Waals surface area contributed by atoms with Gasteiger partial charge in [0, 0.05) is 16.5 Å². The fourth-order valence-electron chi connectivity index (χ4n) is 3.96. The summed E-state index contributed by atoms with van der Waals surface area (Å²) in [7, 11) is 0. The van der Waals surface area contributed by atoms with Gasteiger partial charge in [-0.1, -0.05) is 12.1 Å². The van der Waals surface area contributed by atoms with Gasteiger partial charge in [0.1, 0.15) is 35.4 Å².